The number of aliphatic hydroxyl groups is 1. The number of carbonyl (C=O) groups excluding carboxylic acids is 2. The van der Waals surface area contributed by atoms with Gasteiger partial charge in [-0.3, -0.25) is 9.59 Å². The molecule has 1 aliphatic heterocycles. The Morgan fingerprint density at radius 3 is 2.50 bits per heavy atom. The molecule has 24 heavy (non-hydrogen) atoms. The van der Waals surface area contributed by atoms with E-state index in [-0.39, 0.29) is 24.5 Å². The van der Waals surface area contributed by atoms with E-state index in [9.17, 15) is 14.7 Å². The number of rotatable bonds is 7. The molecule has 0 saturated heterocycles. The first-order chi connectivity index (χ1) is 11.5. The Labute approximate surface area is 140 Å². The summed E-state index contributed by atoms with van der Waals surface area (Å²) in [4.78, 5) is 25.9. The first-order valence-electron chi connectivity index (χ1n) is 7.42. The second kappa shape index (κ2) is 7.35. The normalized spacial score (nSPS) is 17.4. The van der Waals surface area contributed by atoms with Crippen molar-refractivity contribution in [3.8, 4) is 11.5 Å². The van der Waals surface area contributed by atoms with Crippen molar-refractivity contribution in [2.75, 3.05) is 34.5 Å². The lowest BCUT2D eigenvalue weighted by molar-refractivity contribution is -0.130. The van der Waals surface area contributed by atoms with Crippen LogP contribution in [0.4, 0.5) is 0 Å². The predicted molar refractivity (Wildman–Crippen MR) is 86.2 cm³/mol. The van der Waals surface area contributed by atoms with E-state index in [1.807, 2.05) is 0 Å². The smallest absolute Gasteiger partial charge is 0.290 e. The summed E-state index contributed by atoms with van der Waals surface area (Å²) < 4.78 is 15.6. The van der Waals surface area contributed by atoms with E-state index in [0.29, 0.717) is 17.1 Å². The van der Waals surface area contributed by atoms with Crippen LogP contribution in [0.2, 0.25) is 0 Å². The number of amides is 1. The van der Waals surface area contributed by atoms with Crippen LogP contribution in [0.3, 0.4) is 0 Å². The van der Waals surface area contributed by atoms with Crippen LogP contribution < -0.4 is 9.47 Å². The van der Waals surface area contributed by atoms with Crippen LogP contribution >= 0.6 is 0 Å². The summed E-state index contributed by atoms with van der Waals surface area (Å²) in [5, 5.41) is 10.2. The molecule has 1 unspecified atom stereocenters. The maximum atomic E-state index is 12.4. The maximum Gasteiger partial charge on any atom is 0.290 e. The van der Waals surface area contributed by atoms with Gasteiger partial charge in [0.15, 0.2) is 11.5 Å². The van der Waals surface area contributed by atoms with Crippen LogP contribution in [-0.4, -0.2) is 56.2 Å². The number of Topliss-reactive ketones (excluding diaryl/α,β-unsaturated/α-hetero) is 1. The molecule has 0 bridgehead atoms. The molecule has 1 heterocycles. The number of carbonyl (C=O) groups is 2. The monoisotopic (exact) mass is 335 g/mol. The number of hydrogen-bond acceptors (Lipinski definition) is 6. The Morgan fingerprint density at radius 2 is 1.96 bits per heavy atom. The number of hydrogen-bond donors (Lipinski definition) is 1. The molecule has 0 aromatic heterocycles. The first kappa shape index (κ1) is 17.8. The number of benzene rings is 1. The molecule has 1 amide bonds. The number of aliphatic hydroxyl groups excluding tert-OH is 1. The second-order valence-electron chi connectivity index (χ2n) is 5.32. The van der Waals surface area contributed by atoms with Crippen molar-refractivity contribution in [3.05, 3.63) is 35.1 Å². The van der Waals surface area contributed by atoms with Gasteiger partial charge in [-0.05, 0) is 25.1 Å². The zero-order chi connectivity index (χ0) is 17.9. The van der Waals surface area contributed by atoms with E-state index in [1.165, 1.54) is 33.2 Å². The molecular formula is C17H21NO6. The van der Waals surface area contributed by atoms with E-state index in [4.69, 9.17) is 14.2 Å². The Kier molecular flexibility index (Phi) is 5.46. The van der Waals surface area contributed by atoms with Gasteiger partial charge >= 0.3 is 0 Å². The van der Waals surface area contributed by atoms with Crippen molar-refractivity contribution in [1.82, 2.24) is 4.90 Å². The van der Waals surface area contributed by atoms with Gasteiger partial charge < -0.3 is 24.2 Å². The summed E-state index contributed by atoms with van der Waals surface area (Å²) in [6.07, 6.45) is 0. The largest absolute Gasteiger partial charge is 0.503 e. The van der Waals surface area contributed by atoms with Gasteiger partial charge in [0.1, 0.15) is 11.5 Å². The summed E-state index contributed by atoms with van der Waals surface area (Å²) in [5.41, 5.74) is 0.609. The van der Waals surface area contributed by atoms with Crippen LogP contribution in [0.25, 0.3) is 0 Å². The van der Waals surface area contributed by atoms with Gasteiger partial charge in [0.25, 0.3) is 5.91 Å². The summed E-state index contributed by atoms with van der Waals surface area (Å²) in [7, 11) is 4.53. The van der Waals surface area contributed by atoms with Gasteiger partial charge in [-0.15, -0.1) is 0 Å². The SMILES string of the molecule is COCCN1C(=O)C(O)=C(C(C)=O)C1c1cc(OC)ccc1OC. The average Bonchev–Trinajstić information content (AvgIpc) is 2.83. The number of nitrogens with zero attached hydrogens (tertiary/aromatic N) is 1. The highest BCUT2D eigenvalue weighted by molar-refractivity contribution is 6.08. The summed E-state index contributed by atoms with van der Waals surface area (Å²) in [6, 6.07) is 4.35. The van der Waals surface area contributed by atoms with E-state index in [0.717, 1.165) is 0 Å². The molecule has 1 atom stereocenters. The number of ether oxygens (including phenoxy) is 3. The maximum absolute atomic E-state index is 12.4. The molecule has 1 aromatic rings. The Balaban J connectivity index is 2.61. The number of ketones is 1. The molecular weight excluding hydrogens is 314 g/mol. The summed E-state index contributed by atoms with van der Waals surface area (Å²) in [5.74, 6) is -0.472. The summed E-state index contributed by atoms with van der Waals surface area (Å²) in [6.45, 7) is 1.81. The lowest BCUT2D eigenvalue weighted by Gasteiger charge is -2.27. The molecule has 7 nitrogen and oxygen atoms in total. The van der Waals surface area contributed by atoms with Crippen molar-refractivity contribution in [3.63, 3.8) is 0 Å². The summed E-state index contributed by atoms with van der Waals surface area (Å²) >= 11 is 0. The predicted octanol–water partition coefficient (Wildman–Crippen LogP) is 1.63. The van der Waals surface area contributed by atoms with Crippen LogP contribution in [-0.2, 0) is 14.3 Å². The molecule has 2 rings (SSSR count). The second-order valence-corrected chi connectivity index (χ2v) is 5.32. The number of methoxy groups -OCH3 is 3. The zero-order valence-corrected chi connectivity index (χ0v) is 14.2. The standard InChI is InChI=1S/C17H21NO6/c1-10(19)14-15(18(7-8-22-2)17(21)16(14)20)12-9-11(23-3)5-6-13(12)24-4/h5-6,9,15,20H,7-8H2,1-4H3. The van der Waals surface area contributed by atoms with Crippen molar-refractivity contribution in [1.29, 1.82) is 0 Å². The minimum absolute atomic E-state index is 0.0441. The molecule has 130 valence electrons. The van der Waals surface area contributed by atoms with Crippen molar-refractivity contribution >= 4 is 11.7 Å². The fourth-order valence-corrected chi connectivity index (χ4v) is 2.81. The molecule has 0 aliphatic carbocycles. The lowest BCUT2D eigenvalue weighted by atomic mass is 9.95. The fourth-order valence-electron chi connectivity index (χ4n) is 2.81. The Hall–Kier alpha value is -2.54. The zero-order valence-electron chi connectivity index (χ0n) is 14.2. The van der Waals surface area contributed by atoms with Gasteiger partial charge in [0.05, 0.1) is 32.4 Å². The van der Waals surface area contributed by atoms with Gasteiger partial charge in [-0.25, -0.2) is 0 Å². The highest BCUT2D eigenvalue weighted by Gasteiger charge is 2.43. The highest BCUT2D eigenvalue weighted by Crippen LogP contribution is 2.42. The van der Waals surface area contributed by atoms with E-state index >= 15 is 0 Å². The van der Waals surface area contributed by atoms with Crippen molar-refractivity contribution in [2.45, 2.75) is 13.0 Å². The van der Waals surface area contributed by atoms with E-state index in [1.54, 1.807) is 18.2 Å². The Morgan fingerprint density at radius 1 is 1.25 bits per heavy atom. The van der Waals surface area contributed by atoms with Crippen molar-refractivity contribution < 1.29 is 28.9 Å². The topological polar surface area (TPSA) is 85.3 Å². The van der Waals surface area contributed by atoms with Crippen LogP contribution in [0, 0.1) is 0 Å². The third-order valence-corrected chi connectivity index (χ3v) is 3.95. The van der Waals surface area contributed by atoms with Gasteiger partial charge in [-0.2, -0.15) is 0 Å². The third kappa shape index (κ3) is 3.07. The third-order valence-electron chi connectivity index (χ3n) is 3.95. The molecule has 1 aromatic carbocycles. The fraction of sp³-hybridized carbons (Fsp3) is 0.412. The molecule has 0 fully saturated rings. The van der Waals surface area contributed by atoms with E-state index in [2.05, 4.69) is 0 Å². The molecule has 0 spiro atoms. The quantitative estimate of drug-likeness (QED) is 0.815. The average molecular weight is 335 g/mol. The van der Waals surface area contributed by atoms with Gasteiger partial charge in [-0.1, -0.05) is 0 Å². The minimum Gasteiger partial charge on any atom is -0.503 e. The molecule has 1 N–H and O–H groups in total. The van der Waals surface area contributed by atoms with Gasteiger partial charge in [0.2, 0.25) is 0 Å². The van der Waals surface area contributed by atoms with Gasteiger partial charge in [0, 0.05) is 19.2 Å². The molecule has 0 radical (unpaired) electrons. The molecule has 1 aliphatic rings. The molecule has 0 saturated carbocycles. The van der Waals surface area contributed by atoms with Crippen LogP contribution in [0.5, 0.6) is 11.5 Å². The lowest BCUT2D eigenvalue weighted by Crippen LogP contribution is -2.34. The van der Waals surface area contributed by atoms with Crippen LogP contribution in [0.15, 0.2) is 29.5 Å². The first-order valence-corrected chi connectivity index (χ1v) is 7.42. The highest BCUT2D eigenvalue weighted by atomic mass is 16.5. The minimum atomic E-state index is -0.754. The molecule has 7 heteroatoms. The van der Waals surface area contributed by atoms with E-state index < -0.39 is 17.7 Å². The Bertz CT molecular complexity index is 682. The van der Waals surface area contributed by atoms with Crippen molar-refractivity contribution in [2.24, 2.45) is 0 Å². The van der Waals surface area contributed by atoms with Crippen LogP contribution in [0.1, 0.15) is 18.5 Å².